The Labute approximate surface area is 140 Å². The van der Waals surface area contributed by atoms with Crippen LogP contribution in [0.5, 0.6) is 0 Å². The number of benzene rings is 2. The van der Waals surface area contributed by atoms with Crippen molar-refractivity contribution in [1.82, 2.24) is 0 Å². The van der Waals surface area contributed by atoms with Crippen molar-refractivity contribution in [2.75, 3.05) is 12.4 Å². The van der Waals surface area contributed by atoms with Gasteiger partial charge in [-0.3, -0.25) is 19.7 Å². The zero-order valence-corrected chi connectivity index (χ0v) is 13.1. The zero-order valence-electron chi connectivity index (χ0n) is 12.3. The molecule has 124 valence electrons. The third-order valence-electron chi connectivity index (χ3n) is 2.93. The van der Waals surface area contributed by atoms with E-state index in [2.05, 4.69) is 0 Å². The maximum Gasteiger partial charge on any atom is 0.316 e. The Morgan fingerprint density at radius 2 is 1.71 bits per heavy atom. The van der Waals surface area contributed by atoms with Crippen LogP contribution in [-0.4, -0.2) is 29.0 Å². The highest BCUT2D eigenvalue weighted by molar-refractivity contribution is 8.00. The Balaban J connectivity index is 1.77. The molecule has 6 nitrogen and oxygen atoms in total. The summed E-state index contributed by atoms with van der Waals surface area (Å²) in [7, 11) is 0. The van der Waals surface area contributed by atoms with Crippen molar-refractivity contribution in [2.24, 2.45) is 0 Å². The first-order valence-corrected chi connectivity index (χ1v) is 7.76. The summed E-state index contributed by atoms with van der Waals surface area (Å²) >= 11 is 1.14. The summed E-state index contributed by atoms with van der Waals surface area (Å²) in [5.74, 6) is -1.50. The van der Waals surface area contributed by atoms with Crippen molar-refractivity contribution in [3.05, 3.63) is 70.0 Å². The number of hydrogen-bond donors (Lipinski definition) is 0. The van der Waals surface area contributed by atoms with Gasteiger partial charge in [-0.1, -0.05) is 0 Å². The second kappa shape index (κ2) is 8.21. The van der Waals surface area contributed by atoms with E-state index < -0.39 is 29.1 Å². The number of hydrogen-bond acceptors (Lipinski definition) is 6. The van der Waals surface area contributed by atoms with E-state index in [1.807, 2.05) is 0 Å². The fourth-order valence-electron chi connectivity index (χ4n) is 1.71. The predicted octanol–water partition coefficient (Wildman–Crippen LogP) is 3.25. The molecule has 0 aromatic heterocycles. The van der Waals surface area contributed by atoms with E-state index in [0.29, 0.717) is 4.90 Å². The van der Waals surface area contributed by atoms with E-state index in [-0.39, 0.29) is 17.0 Å². The lowest BCUT2D eigenvalue weighted by atomic mass is 10.1. The lowest BCUT2D eigenvalue weighted by molar-refractivity contribution is -0.384. The van der Waals surface area contributed by atoms with Crippen molar-refractivity contribution < 1.29 is 23.6 Å². The van der Waals surface area contributed by atoms with E-state index in [0.717, 1.165) is 23.9 Å². The first kappa shape index (κ1) is 17.6. The summed E-state index contributed by atoms with van der Waals surface area (Å²) in [6, 6.07) is 10.7. The molecule has 0 spiro atoms. The van der Waals surface area contributed by atoms with Crippen LogP contribution in [-0.2, 0) is 9.53 Å². The van der Waals surface area contributed by atoms with Crippen LogP contribution in [0.1, 0.15) is 10.4 Å². The molecule has 0 aliphatic carbocycles. The van der Waals surface area contributed by atoms with Gasteiger partial charge in [-0.25, -0.2) is 4.39 Å². The van der Waals surface area contributed by atoms with Crippen molar-refractivity contribution in [1.29, 1.82) is 0 Å². The summed E-state index contributed by atoms with van der Waals surface area (Å²) in [5, 5.41) is 10.5. The number of carbonyl (C=O) groups excluding carboxylic acids is 2. The summed E-state index contributed by atoms with van der Waals surface area (Å²) in [6.07, 6.45) is 0. The van der Waals surface area contributed by atoms with Gasteiger partial charge in [-0.2, -0.15) is 0 Å². The van der Waals surface area contributed by atoms with Crippen molar-refractivity contribution in [2.45, 2.75) is 4.90 Å². The molecule has 0 saturated carbocycles. The minimum atomic E-state index is -0.589. The molecule has 0 heterocycles. The first-order valence-electron chi connectivity index (χ1n) is 6.77. The average molecular weight is 349 g/mol. The average Bonchev–Trinajstić information content (AvgIpc) is 2.58. The summed E-state index contributed by atoms with van der Waals surface area (Å²) in [5.41, 5.74) is 0.221. The number of Topliss-reactive ketones (excluding diaryl/α,β-unsaturated/α-hetero) is 1. The van der Waals surface area contributed by atoms with Gasteiger partial charge in [-0.05, 0) is 36.4 Å². The molecular weight excluding hydrogens is 337 g/mol. The lowest BCUT2D eigenvalue weighted by Crippen LogP contribution is -2.15. The maximum absolute atomic E-state index is 12.8. The Kier molecular flexibility index (Phi) is 6.02. The highest BCUT2D eigenvalue weighted by Crippen LogP contribution is 2.21. The normalized spacial score (nSPS) is 10.2. The largest absolute Gasteiger partial charge is 0.457 e. The molecule has 2 aromatic carbocycles. The smallest absolute Gasteiger partial charge is 0.316 e. The van der Waals surface area contributed by atoms with Crippen molar-refractivity contribution in [3.8, 4) is 0 Å². The van der Waals surface area contributed by atoms with E-state index >= 15 is 0 Å². The number of ketones is 1. The van der Waals surface area contributed by atoms with Crippen LogP contribution in [0.25, 0.3) is 0 Å². The number of carbonyl (C=O) groups is 2. The van der Waals surface area contributed by atoms with Gasteiger partial charge in [0.05, 0.1) is 10.7 Å². The van der Waals surface area contributed by atoms with Crippen molar-refractivity contribution >= 4 is 29.2 Å². The Morgan fingerprint density at radius 3 is 2.29 bits per heavy atom. The Bertz CT molecular complexity index is 746. The summed E-state index contributed by atoms with van der Waals surface area (Å²) < 4.78 is 17.6. The molecule has 0 radical (unpaired) electrons. The maximum atomic E-state index is 12.8. The molecule has 0 fully saturated rings. The Hall–Kier alpha value is -2.74. The minimum Gasteiger partial charge on any atom is -0.457 e. The van der Waals surface area contributed by atoms with Gasteiger partial charge in [-0.15, -0.1) is 11.8 Å². The van der Waals surface area contributed by atoms with Gasteiger partial charge in [0.1, 0.15) is 5.82 Å². The fraction of sp³-hybridized carbons (Fsp3) is 0.125. The first-order chi connectivity index (χ1) is 11.5. The monoisotopic (exact) mass is 349 g/mol. The topological polar surface area (TPSA) is 86.5 Å². The highest BCUT2D eigenvalue weighted by Gasteiger charge is 2.11. The number of halogens is 1. The number of thioether (sulfide) groups is 1. The quantitative estimate of drug-likeness (QED) is 0.251. The molecular formula is C16H12FNO5S. The van der Waals surface area contributed by atoms with Gasteiger partial charge < -0.3 is 4.74 Å². The fourth-order valence-corrected chi connectivity index (χ4v) is 2.41. The minimum absolute atomic E-state index is 0.0332. The molecule has 24 heavy (non-hydrogen) atoms. The second-order valence-corrected chi connectivity index (χ2v) is 5.68. The van der Waals surface area contributed by atoms with Crippen LogP contribution in [0.15, 0.2) is 53.4 Å². The number of ether oxygens (including phenoxy) is 1. The third-order valence-corrected chi connectivity index (χ3v) is 3.92. The van der Waals surface area contributed by atoms with E-state index in [1.54, 1.807) is 0 Å². The molecule has 8 heteroatoms. The standard InChI is InChI=1S/C16H12FNO5S/c17-12-3-1-11(2-4-12)15(19)9-23-16(20)10-24-14-7-5-13(6-8-14)18(21)22/h1-8H,9-10H2. The molecule has 2 aromatic rings. The summed E-state index contributed by atoms with van der Waals surface area (Å²) in [4.78, 5) is 34.1. The van der Waals surface area contributed by atoms with Crippen LogP contribution in [0.2, 0.25) is 0 Å². The molecule has 0 amide bonds. The molecule has 2 rings (SSSR count). The van der Waals surface area contributed by atoms with Gasteiger partial charge >= 0.3 is 5.97 Å². The number of nitro groups is 1. The van der Waals surface area contributed by atoms with Crippen LogP contribution >= 0.6 is 11.8 Å². The molecule has 0 aliphatic heterocycles. The van der Waals surface area contributed by atoms with Gasteiger partial charge in [0.25, 0.3) is 5.69 Å². The second-order valence-electron chi connectivity index (χ2n) is 4.63. The highest BCUT2D eigenvalue weighted by atomic mass is 32.2. The van der Waals surface area contributed by atoms with Gasteiger partial charge in [0.2, 0.25) is 0 Å². The molecule has 0 N–H and O–H groups in total. The van der Waals surface area contributed by atoms with Crippen molar-refractivity contribution in [3.63, 3.8) is 0 Å². The zero-order chi connectivity index (χ0) is 17.5. The number of nitrogens with zero attached hydrogens (tertiary/aromatic N) is 1. The SMILES string of the molecule is O=C(CSc1ccc([N+](=O)[O-])cc1)OCC(=O)c1ccc(F)cc1. The van der Waals surface area contributed by atoms with E-state index in [4.69, 9.17) is 4.74 Å². The number of nitro benzene ring substituents is 1. The molecule has 0 aliphatic rings. The lowest BCUT2D eigenvalue weighted by Gasteiger charge is -2.04. The summed E-state index contributed by atoms with van der Waals surface area (Å²) in [6.45, 7) is -0.425. The predicted molar refractivity (Wildman–Crippen MR) is 85.5 cm³/mol. The van der Waals surface area contributed by atoms with Crippen LogP contribution in [0.4, 0.5) is 10.1 Å². The number of esters is 1. The molecule has 0 atom stereocenters. The van der Waals surface area contributed by atoms with E-state index in [9.17, 15) is 24.1 Å². The van der Waals surface area contributed by atoms with Crippen LogP contribution < -0.4 is 0 Å². The van der Waals surface area contributed by atoms with Crippen LogP contribution in [0, 0.1) is 15.9 Å². The number of non-ortho nitro benzene ring substituents is 1. The third kappa shape index (κ3) is 5.17. The molecule has 0 unspecified atom stereocenters. The number of rotatable bonds is 7. The van der Waals surface area contributed by atoms with Gasteiger partial charge in [0, 0.05) is 22.6 Å². The Morgan fingerprint density at radius 1 is 1.08 bits per heavy atom. The van der Waals surface area contributed by atoms with Crippen LogP contribution in [0.3, 0.4) is 0 Å². The molecule has 0 saturated heterocycles. The molecule has 0 bridgehead atoms. The van der Waals surface area contributed by atoms with Gasteiger partial charge in [0.15, 0.2) is 12.4 Å². The van der Waals surface area contributed by atoms with E-state index in [1.165, 1.54) is 36.4 Å².